The molecule has 0 radical (unpaired) electrons. The molecule has 0 aliphatic heterocycles. The molecule has 0 aliphatic carbocycles. The lowest BCUT2D eigenvalue weighted by molar-refractivity contribution is 0.0837. The number of hydrogen-bond acceptors (Lipinski definition) is 8. The van der Waals surface area contributed by atoms with Gasteiger partial charge in [-0.2, -0.15) is 0 Å². The predicted octanol–water partition coefficient (Wildman–Crippen LogP) is 13.5. The zero-order valence-corrected chi connectivity index (χ0v) is 38.9. The Morgan fingerprint density at radius 3 is 0.823 bits per heavy atom. The van der Waals surface area contributed by atoms with E-state index >= 15 is 0 Å². The highest BCUT2D eigenvalue weighted by Gasteiger charge is 2.38. The van der Waals surface area contributed by atoms with Crippen molar-refractivity contribution >= 4 is 63.9 Å². The Hall–Kier alpha value is -5.41. The van der Waals surface area contributed by atoms with E-state index < -0.39 is 17.6 Å². The van der Waals surface area contributed by atoms with E-state index in [1.165, 1.54) is 0 Å². The second-order valence-electron chi connectivity index (χ2n) is 14.1. The van der Waals surface area contributed by atoms with Crippen LogP contribution in [0.15, 0.2) is 169 Å². The zero-order valence-electron chi connectivity index (χ0n) is 36.9. The van der Waals surface area contributed by atoms with Gasteiger partial charge in [-0.15, -0.1) is 0 Å². The minimum absolute atomic E-state index is 0.525. The number of hydrogen-bond donors (Lipinski definition) is 0. The van der Waals surface area contributed by atoms with E-state index in [0.29, 0.717) is 39.6 Å². The molecule has 0 aliphatic rings. The van der Waals surface area contributed by atoms with Gasteiger partial charge >= 0.3 is 17.6 Å². The van der Waals surface area contributed by atoms with E-state index in [2.05, 4.69) is 155 Å². The van der Waals surface area contributed by atoms with Crippen molar-refractivity contribution in [1.82, 2.24) is 0 Å². The van der Waals surface area contributed by atoms with Crippen molar-refractivity contribution in [3.63, 3.8) is 0 Å². The van der Waals surface area contributed by atoms with Crippen LogP contribution in [0.4, 0.5) is 34.1 Å². The van der Waals surface area contributed by atoms with Gasteiger partial charge in [-0.05, 0) is 148 Å². The molecule has 0 saturated carbocycles. The highest BCUT2D eigenvalue weighted by molar-refractivity contribution is 6.67. The summed E-state index contributed by atoms with van der Waals surface area (Å²) in [4.78, 5) is 4.54. The average molecular weight is 865 g/mol. The molecule has 0 fully saturated rings. The predicted molar refractivity (Wildman–Crippen MR) is 261 cm³/mol. The SMILES string of the molecule is CCO[Si](C=Cc1ccc(N(c2ccccc2)c2ccc(-c3ccc(N(c4ccccc4)c4ccc(C=C[Si](OCC)(OCC)OCC)cc4)cc3)cc2)cc1)(OCC)OCC. The number of para-hydroxylation sites is 2. The van der Waals surface area contributed by atoms with Crippen LogP contribution in [0.25, 0.3) is 23.3 Å². The lowest BCUT2D eigenvalue weighted by Crippen LogP contribution is -2.44. The lowest BCUT2D eigenvalue weighted by Gasteiger charge is -2.26. The molecule has 6 aromatic carbocycles. The number of anilines is 6. The van der Waals surface area contributed by atoms with Crippen LogP contribution in [0.3, 0.4) is 0 Å². The molecule has 0 saturated heterocycles. The highest BCUT2D eigenvalue weighted by atomic mass is 28.4. The maximum atomic E-state index is 6.03. The van der Waals surface area contributed by atoms with Gasteiger partial charge in [0.05, 0.1) is 0 Å². The van der Waals surface area contributed by atoms with Crippen molar-refractivity contribution in [3.8, 4) is 11.1 Å². The molecule has 0 N–H and O–H groups in total. The van der Waals surface area contributed by atoms with Gasteiger partial charge in [0.1, 0.15) is 0 Å². The largest absolute Gasteiger partial charge is 0.529 e. The third-order valence-electron chi connectivity index (χ3n) is 9.95. The summed E-state index contributed by atoms with van der Waals surface area (Å²) in [5.74, 6) is 0. The van der Waals surface area contributed by atoms with Gasteiger partial charge in [0.2, 0.25) is 0 Å². The molecule has 10 heteroatoms. The van der Waals surface area contributed by atoms with Gasteiger partial charge in [-0.3, -0.25) is 0 Å². The zero-order chi connectivity index (χ0) is 43.6. The third-order valence-corrected chi connectivity index (χ3v) is 15.2. The van der Waals surface area contributed by atoms with Gasteiger partial charge in [-0.1, -0.05) is 97.1 Å². The molecule has 0 unspecified atom stereocenters. The summed E-state index contributed by atoms with van der Waals surface area (Å²) < 4.78 is 36.2. The Morgan fingerprint density at radius 1 is 0.323 bits per heavy atom. The topological polar surface area (TPSA) is 61.9 Å². The molecule has 62 heavy (non-hydrogen) atoms. The Balaban J connectivity index is 1.24. The smallest absolute Gasteiger partial charge is 0.371 e. The van der Waals surface area contributed by atoms with Crippen molar-refractivity contribution in [2.45, 2.75) is 41.5 Å². The van der Waals surface area contributed by atoms with Crippen molar-refractivity contribution in [2.24, 2.45) is 0 Å². The van der Waals surface area contributed by atoms with E-state index in [9.17, 15) is 0 Å². The fraction of sp³-hybridized carbons (Fsp3) is 0.231. The summed E-state index contributed by atoms with van der Waals surface area (Å²) in [5, 5.41) is 0. The Kier molecular flexibility index (Phi) is 17.2. The third kappa shape index (κ3) is 11.9. The Bertz CT molecular complexity index is 2070. The Labute approximate surface area is 371 Å². The summed E-state index contributed by atoms with van der Waals surface area (Å²) in [6, 6.07) is 55.5. The van der Waals surface area contributed by atoms with Crippen LogP contribution < -0.4 is 9.80 Å². The lowest BCUT2D eigenvalue weighted by atomic mass is 10.0. The van der Waals surface area contributed by atoms with Crippen molar-refractivity contribution in [1.29, 1.82) is 0 Å². The van der Waals surface area contributed by atoms with Gasteiger partial charge in [0.15, 0.2) is 0 Å². The van der Waals surface area contributed by atoms with Crippen molar-refractivity contribution in [3.05, 3.63) is 180 Å². The van der Waals surface area contributed by atoms with E-state index in [-0.39, 0.29) is 0 Å². The van der Waals surface area contributed by atoms with Crippen molar-refractivity contribution < 1.29 is 26.6 Å². The molecule has 322 valence electrons. The molecule has 0 amide bonds. The van der Waals surface area contributed by atoms with E-state index in [1.807, 2.05) is 77.2 Å². The van der Waals surface area contributed by atoms with Crippen molar-refractivity contribution in [2.75, 3.05) is 49.4 Å². The van der Waals surface area contributed by atoms with Gasteiger partial charge in [-0.25, -0.2) is 0 Å². The highest BCUT2D eigenvalue weighted by Crippen LogP contribution is 2.38. The maximum Gasteiger partial charge on any atom is 0.529 e. The van der Waals surface area contributed by atoms with E-state index in [4.69, 9.17) is 26.6 Å². The minimum Gasteiger partial charge on any atom is -0.371 e. The standard InChI is InChI=1S/C52H60N2O6Si2/c1-7-55-61(56-8-2,57-9-3)41-39-43-23-31-49(32-24-43)53(47-19-15-13-16-20-47)51-35-27-45(28-36-51)46-29-37-52(38-30-46)54(48-21-17-14-18-22-48)50-33-25-44(26-34-50)40-42-62(58-10-4,59-11-5)60-12-6/h13-42H,7-12H2,1-6H3. The quantitative estimate of drug-likeness (QED) is 0.0590. The van der Waals surface area contributed by atoms with Crippen LogP contribution in [0.5, 0.6) is 0 Å². The first-order valence-electron chi connectivity index (χ1n) is 21.7. The molecule has 0 bridgehead atoms. The first-order chi connectivity index (χ1) is 30.4. The van der Waals surface area contributed by atoms with Gasteiger partial charge in [0.25, 0.3) is 0 Å². The van der Waals surface area contributed by atoms with Crippen LogP contribution >= 0.6 is 0 Å². The van der Waals surface area contributed by atoms with Gasteiger partial charge < -0.3 is 36.4 Å². The van der Waals surface area contributed by atoms with Crippen LogP contribution in [0.2, 0.25) is 0 Å². The van der Waals surface area contributed by atoms with Crippen LogP contribution in [0.1, 0.15) is 52.7 Å². The second-order valence-corrected chi connectivity index (χ2v) is 18.9. The molecule has 0 heterocycles. The fourth-order valence-electron chi connectivity index (χ4n) is 7.27. The summed E-state index contributed by atoms with van der Waals surface area (Å²) in [5.41, 5.74) is 14.7. The van der Waals surface area contributed by atoms with Crippen LogP contribution in [-0.2, 0) is 26.6 Å². The van der Waals surface area contributed by atoms with Crippen LogP contribution in [-0.4, -0.2) is 57.3 Å². The molecular formula is C52H60N2O6Si2. The average Bonchev–Trinajstić information content (AvgIpc) is 3.30. The summed E-state index contributed by atoms with van der Waals surface area (Å²) in [6.45, 7) is 14.9. The summed E-state index contributed by atoms with van der Waals surface area (Å²) in [6.07, 6.45) is 4.08. The number of benzene rings is 6. The molecule has 0 spiro atoms. The first-order valence-corrected chi connectivity index (χ1v) is 25.3. The van der Waals surface area contributed by atoms with Gasteiger partial charge in [0, 0.05) is 73.8 Å². The molecule has 0 aromatic heterocycles. The first kappa shape index (κ1) is 46.1. The molecule has 6 rings (SSSR count). The second kappa shape index (κ2) is 23.2. The summed E-state index contributed by atoms with van der Waals surface area (Å²) in [7, 11) is -5.83. The number of nitrogens with zero attached hydrogens (tertiary/aromatic N) is 2. The maximum absolute atomic E-state index is 6.03. The summed E-state index contributed by atoms with van der Waals surface area (Å²) >= 11 is 0. The van der Waals surface area contributed by atoms with Crippen LogP contribution in [0, 0.1) is 0 Å². The molecule has 8 nitrogen and oxygen atoms in total. The monoisotopic (exact) mass is 864 g/mol. The normalized spacial score (nSPS) is 12.0. The fourth-order valence-corrected chi connectivity index (χ4v) is 11.6. The molecular weight excluding hydrogens is 805 g/mol. The molecule has 0 atom stereocenters. The van der Waals surface area contributed by atoms with E-state index in [1.54, 1.807) is 0 Å². The molecule has 6 aromatic rings. The minimum atomic E-state index is -2.91. The Morgan fingerprint density at radius 2 is 0.565 bits per heavy atom. The number of rotatable bonds is 23. The van der Waals surface area contributed by atoms with E-state index in [0.717, 1.165) is 56.4 Å².